The molecule has 0 fully saturated rings. The van der Waals surface area contributed by atoms with Gasteiger partial charge in [0.1, 0.15) is 0 Å². The van der Waals surface area contributed by atoms with Gasteiger partial charge in [0, 0.05) is 13.1 Å². The van der Waals surface area contributed by atoms with Gasteiger partial charge in [0.25, 0.3) is 0 Å². The molecule has 2 nitrogen and oxygen atoms in total. The molecule has 0 bridgehead atoms. The zero-order chi connectivity index (χ0) is 12.2. The number of rotatable bonds is 4. The molecule has 1 N–H and O–H groups in total. The van der Waals surface area contributed by atoms with E-state index in [4.69, 9.17) is 5.11 Å². The van der Waals surface area contributed by atoms with Crippen molar-refractivity contribution in [2.45, 2.75) is 32.7 Å². The largest absolute Gasteiger partial charge is 0.395 e. The van der Waals surface area contributed by atoms with Crippen molar-refractivity contribution in [1.29, 1.82) is 0 Å². The van der Waals surface area contributed by atoms with Crippen molar-refractivity contribution >= 4 is 0 Å². The molecule has 1 aromatic rings. The third kappa shape index (κ3) is 3.95. The minimum atomic E-state index is 0.200. The molecule has 0 aromatic heterocycles. The molecule has 0 amide bonds. The highest BCUT2D eigenvalue weighted by Crippen LogP contribution is 2.23. The Kier molecular flexibility index (Phi) is 4.51. The van der Waals surface area contributed by atoms with Gasteiger partial charge in [-0.1, -0.05) is 45.0 Å². The summed E-state index contributed by atoms with van der Waals surface area (Å²) in [5, 5.41) is 8.86. The molecular weight excluding hydrogens is 198 g/mol. The highest BCUT2D eigenvalue weighted by molar-refractivity contribution is 5.28. The van der Waals surface area contributed by atoms with E-state index >= 15 is 0 Å². The van der Waals surface area contributed by atoms with Gasteiger partial charge in [-0.15, -0.1) is 0 Å². The van der Waals surface area contributed by atoms with Gasteiger partial charge in [-0.25, -0.2) is 0 Å². The molecule has 0 atom stereocenters. The Morgan fingerprint density at radius 3 is 2.50 bits per heavy atom. The van der Waals surface area contributed by atoms with Gasteiger partial charge < -0.3 is 5.11 Å². The Balaban J connectivity index is 2.75. The summed E-state index contributed by atoms with van der Waals surface area (Å²) in [5.74, 6) is 0. The van der Waals surface area contributed by atoms with E-state index in [9.17, 15) is 0 Å². The smallest absolute Gasteiger partial charge is 0.0558 e. The Hall–Kier alpha value is -0.860. The summed E-state index contributed by atoms with van der Waals surface area (Å²) in [6, 6.07) is 8.69. The second-order valence-corrected chi connectivity index (χ2v) is 5.41. The number of aliphatic hydroxyl groups excluding tert-OH is 1. The minimum Gasteiger partial charge on any atom is -0.395 e. The predicted molar refractivity (Wildman–Crippen MR) is 68.6 cm³/mol. The first-order valence-corrected chi connectivity index (χ1v) is 5.82. The predicted octanol–water partition coefficient (Wildman–Crippen LogP) is 2.41. The quantitative estimate of drug-likeness (QED) is 0.844. The van der Waals surface area contributed by atoms with Crippen LogP contribution in [0.3, 0.4) is 0 Å². The fourth-order valence-corrected chi connectivity index (χ4v) is 1.70. The summed E-state index contributed by atoms with van der Waals surface area (Å²) >= 11 is 0. The molecule has 0 saturated carbocycles. The van der Waals surface area contributed by atoms with E-state index in [2.05, 4.69) is 49.9 Å². The number of benzene rings is 1. The van der Waals surface area contributed by atoms with E-state index in [0.717, 1.165) is 13.1 Å². The number of hydrogen-bond donors (Lipinski definition) is 1. The van der Waals surface area contributed by atoms with Crippen LogP contribution in [0.15, 0.2) is 24.3 Å². The molecule has 2 heteroatoms. The molecule has 0 aliphatic heterocycles. The number of nitrogens with zero attached hydrogens (tertiary/aromatic N) is 1. The SMILES string of the molecule is CN(CCO)Cc1cccc(C(C)(C)C)c1. The van der Waals surface area contributed by atoms with Crippen LogP contribution in [-0.4, -0.2) is 30.2 Å². The van der Waals surface area contributed by atoms with E-state index in [-0.39, 0.29) is 12.0 Å². The van der Waals surface area contributed by atoms with Gasteiger partial charge in [-0.05, 0) is 23.6 Å². The van der Waals surface area contributed by atoms with Crippen LogP contribution in [0, 0.1) is 0 Å². The van der Waals surface area contributed by atoms with Gasteiger partial charge in [-0.2, -0.15) is 0 Å². The van der Waals surface area contributed by atoms with Gasteiger partial charge in [-0.3, -0.25) is 4.90 Å². The molecule has 1 aromatic carbocycles. The molecule has 0 radical (unpaired) electrons. The first-order valence-electron chi connectivity index (χ1n) is 5.82. The van der Waals surface area contributed by atoms with Crippen LogP contribution in [-0.2, 0) is 12.0 Å². The highest BCUT2D eigenvalue weighted by Gasteiger charge is 2.13. The van der Waals surface area contributed by atoms with E-state index in [1.165, 1.54) is 11.1 Å². The van der Waals surface area contributed by atoms with Crippen LogP contribution in [0.25, 0.3) is 0 Å². The van der Waals surface area contributed by atoms with Crippen LogP contribution >= 0.6 is 0 Å². The van der Waals surface area contributed by atoms with Crippen molar-refractivity contribution in [3.63, 3.8) is 0 Å². The molecular formula is C14H23NO. The second-order valence-electron chi connectivity index (χ2n) is 5.41. The molecule has 16 heavy (non-hydrogen) atoms. The zero-order valence-electron chi connectivity index (χ0n) is 10.8. The average Bonchev–Trinajstić information content (AvgIpc) is 2.17. The van der Waals surface area contributed by atoms with Gasteiger partial charge >= 0.3 is 0 Å². The van der Waals surface area contributed by atoms with Crippen LogP contribution in [0.2, 0.25) is 0 Å². The molecule has 0 spiro atoms. The fraction of sp³-hybridized carbons (Fsp3) is 0.571. The number of aliphatic hydroxyl groups is 1. The summed E-state index contributed by atoms with van der Waals surface area (Å²) < 4.78 is 0. The Labute approximate surface area is 98.9 Å². The molecule has 0 saturated heterocycles. The Morgan fingerprint density at radius 1 is 1.25 bits per heavy atom. The first-order chi connectivity index (χ1) is 7.43. The maximum Gasteiger partial charge on any atom is 0.0558 e. The second kappa shape index (κ2) is 5.46. The lowest BCUT2D eigenvalue weighted by Crippen LogP contribution is -2.22. The van der Waals surface area contributed by atoms with Crippen LogP contribution in [0.5, 0.6) is 0 Å². The summed E-state index contributed by atoms with van der Waals surface area (Å²) in [4.78, 5) is 2.13. The first kappa shape index (κ1) is 13.2. The van der Waals surface area contributed by atoms with E-state index in [1.54, 1.807) is 0 Å². The summed E-state index contributed by atoms with van der Waals surface area (Å²) in [6.07, 6.45) is 0. The van der Waals surface area contributed by atoms with Crippen molar-refractivity contribution in [3.8, 4) is 0 Å². The lowest BCUT2D eigenvalue weighted by atomic mass is 9.86. The van der Waals surface area contributed by atoms with E-state index < -0.39 is 0 Å². The molecule has 0 unspecified atom stereocenters. The molecule has 0 heterocycles. The number of likely N-dealkylation sites (N-methyl/N-ethyl adjacent to an activating group) is 1. The van der Waals surface area contributed by atoms with Crippen molar-refractivity contribution in [1.82, 2.24) is 4.90 Å². The molecule has 1 rings (SSSR count). The minimum absolute atomic E-state index is 0.200. The standard InChI is InChI=1S/C14H23NO/c1-14(2,3)13-7-5-6-12(10-13)11-15(4)8-9-16/h5-7,10,16H,8-9,11H2,1-4H3. The zero-order valence-corrected chi connectivity index (χ0v) is 10.8. The summed E-state index contributed by atoms with van der Waals surface area (Å²) in [6.45, 7) is 8.51. The van der Waals surface area contributed by atoms with Crippen LogP contribution in [0.1, 0.15) is 31.9 Å². The lowest BCUT2D eigenvalue weighted by Gasteiger charge is -2.21. The van der Waals surface area contributed by atoms with Crippen molar-refractivity contribution in [2.24, 2.45) is 0 Å². The third-order valence-electron chi connectivity index (χ3n) is 2.73. The topological polar surface area (TPSA) is 23.5 Å². The Morgan fingerprint density at radius 2 is 1.94 bits per heavy atom. The normalized spacial score (nSPS) is 12.1. The van der Waals surface area contributed by atoms with E-state index in [0.29, 0.717) is 0 Å². The molecule has 0 aliphatic carbocycles. The van der Waals surface area contributed by atoms with Crippen LogP contribution in [0.4, 0.5) is 0 Å². The van der Waals surface area contributed by atoms with Crippen molar-refractivity contribution < 1.29 is 5.11 Å². The third-order valence-corrected chi connectivity index (χ3v) is 2.73. The fourth-order valence-electron chi connectivity index (χ4n) is 1.70. The van der Waals surface area contributed by atoms with Gasteiger partial charge in [0.2, 0.25) is 0 Å². The molecule has 0 aliphatic rings. The average molecular weight is 221 g/mol. The number of hydrogen-bond acceptors (Lipinski definition) is 2. The van der Waals surface area contributed by atoms with Gasteiger partial charge in [0.15, 0.2) is 0 Å². The monoisotopic (exact) mass is 221 g/mol. The lowest BCUT2D eigenvalue weighted by molar-refractivity contribution is 0.217. The summed E-state index contributed by atoms with van der Waals surface area (Å²) in [5.41, 5.74) is 2.87. The Bertz CT molecular complexity index is 328. The van der Waals surface area contributed by atoms with Gasteiger partial charge in [0.05, 0.1) is 6.61 Å². The maximum absolute atomic E-state index is 8.86. The van der Waals surface area contributed by atoms with Crippen LogP contribution < -0.4 is 0 Å². The highest BCUT2D eigenvalue weighted by atomic mass is 16.3. The van der Waals surface area contributed by atoms with Crippen molar-refractivity contribution in [2.75, 3.05) is 20.2 Å². The van der Waals surface area contributed by atoms with E-state index in [1.807, 2.05) is 7.05 Å². The maximum atomic E-state index is 8.86. The molecule has 90 valence electrons. The van der Waals surface area contributed by atoms with Crippen molar-refractivity contribution in [3.05, 3.63) is 35.4 Å². The summed E-state index contributed by atoms with van der Waals surface area (Å²) in [7, 11) is 2.03.